The Balaban J connectivity index is 1.16. The molecule has 5 saturated carbocycles. The van der Waals surface area contributed by atoms with E-state index < -0.39 is 0 Å². The number of ketones is 1. The zero-order valence-electron chi connectivity index (χ0n) is 20.5. The molecule has 5 aliphatic carbocycles. The van der Waals surface area contributed by atoms with E-state index in [0.717, 1.165) is 58.4 Å². The number of aromatic nitrogens is 3. The standard InChI is InChI=1S/C29H39N3O/c1-16-8-10-19-18(14-16)9-11-21-20(19)12-13-29(3)27(21)25-17(2)26(25)28(29)24(33)15-32-30-22-6-4-5-7-23(22)31-32/h4-7,16-21,25-28H,8-15H2,1-3H3/t16-,17-,18+,19-,20+,21+,25?,26-,27?,28-,29-/m0/s1. The van der Waals surface area contributed by atoms with Crippen molar-refractivity contribution < 1.29 is 4.79 Å². The van der Waals surface area contributed by atoms with Crippen LogP contribution in [0.25, 0.3) is 11.0 Å². The van der Waals surface area contributed by atoms with Gasteiger partial charge in [0, 0.05) is 5.92 Å². The van der Waals surface area contributed by atoms with Crippen molar-refractivity contribution in [3.8, 4) is 0 Å². The molecule has 1 aromatic heterocycles. The minimum Gasteiger partial charge on any atom is -0.297 e. The highest BCUT2D eigenvalue weighted by atomic mass is 16.1. The van der Waals surface area contributed by atoms with Crippen molar-refractivity contribution in [1.82, 2.24) is 15.0 Å². The van der Waals surface area contributed by atoms with Crippen LogP contribution in [-0.4, -0.2) is 20.8 Å². The second-order valence-electron chi connectivity index (χ2n) is 13.0. The lowest BCUT2D eigenvalue weighted by Gasteiger charge is -2.57. The van der Waals surface area contributed by atoms with Crippen molar-refractivity contribution in [2.24, 2.45) is 64.6 Å². The summed E-state index contributed by atoms with van der Waals surface area (Å²) in [6, 6.07) is 7.95. The van der Waals surface area contributed by atoms with E-state index in [9.17, 15) is 4.79 Å². The van der Waals surface area contributed by atoms with E-state index in [0.29, 0.717) is 18.2 Å². The molecule has 0 spiro atoms. The van der Waals surface area contributed by atoms with Crippen molar-refractivity contribution in [1.29, 1.82) is 0 Å². The van der Waals surface area contributed by atoms with Crippen molar-refractivity contribution in [3.05, 3.63) is 24.3 Å². The van der Waals surface area contributed by atoms with Gasteiger partial charge in [-0.3, -0.25) is 4.79 Å². The molecule has 1 aromatic carbocycles. The van der Waals surface area contributed by atoms with E-state index in [1.54, 1.807) is 4.80 Å². The van der Waals surface area contributed by atoms with Gasteiger partial charge in [-0.2, -0.15) is 15.0 Å². The molecule has 2 aromatic rings. The van der Waals surface area contributed by atoms with Gasteiger partial charge in [0.2, 0.25) is 0 Å². The summed E-state index contributed by atoms with van der Waals surface area (Å²) in [6.07, 6.45) is 9.92. The van der Waals surface area contributed by atoms with Gasteiger partial charge in [0.15, 0.2) is 5.78 Å². The fourth-order valence-corrected chi connectivity index (χ4v) is 10.3. The van der Waals surface area contributed by atoms with Crippen LogP contribution in [0.15, 0.2) is 24.3 Å². The second-order valence-corrected chi connectivity index (χ2v) is 13.0. The van der Waals surface area contributed by atoms with Gasteiger partial charge in [0.1, 0.15) is 17.6 Å². The Labute approximate surface area is 197 Å². The molecular formula is C29H39N3O. The summed E-state index contributed by atoms with van der Waals surface area (Å²) in [6.45, 7) is 7.76. The minimum atomic E-state index is 0.196. The largest absolute Gasteiger partial charge is 0.297 e. The third-order valence-corrected chi connectivity index (χ3v) is 11.5. The van der Waals surface area contributed by atoms with E-state index in [4.69, 9.17) is 0 Å². The summed E-state index contributed by atoms with van der Waals surface area (Å²) in [5.74, 6) is 8.23. The summed E-state index contributed by atoms with van der Waals surface area (Å²) in [5, 5.41) is 9.22. The zero-order valence-corrected chi connectivity index (χ0v) is 20.5. The molecule has 5 fully saturated rings. The smallest absolute Gasteiger partial charge is 0.160 e. The summed E-state index contributed by atoms with van der Waals surface area (Å²) < 4.78 is 0. The van der Waals surface area contributed by atoms with Crippen molar-refractivity contribution in [2.75, 3.05) is 0 Å². The number of carbonyl (C=O) groups is 1. The zero-order chi connectivity index (χ0) is 22.5. The van der Waals surface area contributed by atoms with Crippen molar-refractivity contribution in [3.63, 3.8) is 0 Å². The van der Waals surface area contributed by atoms with Crippen molar-refractivity contribution in [2.45, 2.75) is 72.3 Å². The third-order valence-electron chi connectivity index (χ3n) is 11.5. The number of carbonyl (C=O) groups excluding carboxylic acids is 1. The normalized spacial score (nSPS) is 48.0. The lowest BCUT2D eigenvalue weighted by molar-refractivity contribution is -0.135. The molecule has 0 aliphatic heterocycles. The Hall–Kier alpha value is -1.71. The van der Waals surface area contributed by atoms with Crippen LogP contribution in [-0.2, 0) is 11.3 Å². The van der Waals surface area contributed by atoms with Gasteiger partial charge >= 0.3 is 0 Å². The Morgan fingerprint density at radius 3 is 2.45 bits per heavy atom. The minimum absolute atomic E-state index is 0.196. The summed E-state index contributed by atoms with van der Waals surface area (Å²) in [7, 11) is 0. The first-order chi connectivity index (χ1) is 16.0. The molecule has 4 nitrogen and oxygen atoms in total. The van der Waals surface area contributed by atoms with E-state index in [2.05, 4.69) is 31.0 Å². The molecule has 7 rings (SSSR count). The summed E-state index contributed by atoms with van der Waals surface area (Å²) in [5.41, 5.74) is 1.97. The first-order valence-electron chi connectivity index (χ1n) is 13.8. The number of benzene rings is 1. The molecule has 1 heterocycles. The monoisotopic (exact) mass is 445 g/mol. The topological polar surface area (TPSA) is 47.8 Å². The SMILES string of the molecule is C[C@H]1CC[C@H]2[C@H](CC[C@H]3C4C5[C@H]([C@H]5C)[C@H](C(=O)Cn5nc6ccccc6n5)[C@@]4(C)CC[C@H]23)C1. The highest BCUT2D eigenvalue weighted by Gasteiger charge is 2.73. The Bertz CT molecular complexity index is 1060. The van der Waals surface area contributed by atoms with Crippen LogP contribution in [0.3, 0.4) is 0 Å². The van der Waals surface area contributed by atoms with Crippen LogP contribution in [0.2, 0.25) is 0 Å². The van der Waals surface area contributed by atoms with Gasteiger partial charge in [-0.25, -0.2) is 0 Å². The number of fused-ring (bicyclic) bond motifs is 8. The van der Waals surface area contributed by atoms with Crippen LogP contribution in [0.5, 0.6) is 0 Å². The molecule has 11 atom stereocenters. The fraction of sp³-hybridized carbons (Fsp3) is 0.759. The van der Waals surface area contributed by atoms with Gasteiger partial charge in [-0.15, -0.1) is 0 Å². The molecule has 0 radical (unpaired) electrons. The van der Waals surface area contributed by atoms with E-state index in [1.165, 1.54) is 44.9 Å². The average Bonchev–Trinajstić information content (AvgIpc) is 3.15. The van der Waals surface area contributed by atoms with Crippen LogP contribution >= 0.6 is 0 Å². The molecule has 0 amide bonds. The molecular weight excluding hydrogens is 406 g/mol. The first-order valence-corrected chi connectivity index (χ1v) is 13.8. The maximum atomic E-state index is 13.9. The lowest BCUT2D eigenvalue weighted by atomic mass is 9.47. The molecule has 0 saturated heterocycles. The highest BCUT2D eigenvalue weighted by molar-refractivity contribution is 5.83. The molecule has 176 valence electrons. The lowest BCUT2D eigenvalue weighted by Crippen LogP contribution is -2.51. The summed E-state index contributed by atoms with van der Waals surface area (Å²) >= 11 is 0. The van der Waals surface area contributed by atoms with Gasteiger partial charge in [0.05, 0.1) is 0 Å². The Morgan fingerprint density at radius 1 is 0.970 bits per heavy atom. The highest BCUT2D eigenvalue weighted by Crippen LogP contribution is 2.76. The van der Waals surface area contributed by atoms with E-state index >= 15 is 0 Å². The van der Waals surface area contributed by atoms with Gasteiger partial charge in [-0.05, 0) is 109 Å². The average molecular weight is 446 g/mol. The molecule has 2 unspecified atom stereocenters. The van der Waals surface area contributed by atoms with Gasteiger partial charge in [0.25, 0.3) is 0 Å². The molecule has 33 heavy (non-hydrogen) atoms. The fourth-order valence-electron chi connectivity index (χ4n) is 10.3. The molecule has 5 aliphatic rings. The quantitative estimate of drug-likeness (QED) is 0.581. The molecule has 4 heteroatoms. The van der Waals surface area contributed by atoms with Crippen LogP contribution in [0.1, 0.15) is 65.7 Å². The van der Waals surface area contributed by atoms with Crippen LogP contribution < -0.4 is 0 Å². The Morgan fingerprint density at radius 2 is 1.70 bits per heavy atom. The van der Waals surface area contributed by atoms with E-state index in [1.807, 2.05) is 24.3 Å². The van der Waals surface area contributed by atoms with Gasteiger partial charge in [-0.1, -0.05) is 39.3 Å². The van der Waals surface area contributed by atoms with Gasteiger partial charge < -0.3 is 0 Å². The number of nitrogens with zero attached hydrogens (tertiary/aromatic N) is 3. The predicted molar refractivity (Wildman–Crippen MR) is 129 cm³/mol. The maximum absolute atomic E-state index is 13.9. The predicted octanol–water partition coefficient (Wildman–Crippen LogP) is 6.01. The molecule has 0 N–H and O–H groups in total. The van der Waals surface area contributed by atoms with Crippen LogP contribution in [0.4, 0.5) is 0 Å². The first kappa shape index (κ1) is 20.6. The molecule has 0 bridgehead atoms. The second kappa shape index (κ2) is 7.15. The Kier molecular flexibility index (Phi) is 4.47. The number of hydrogen-bond acceptors (Lipinski definition) is 3. The number of hydrogen-bond donors (Lipinski definition) is 0. The van der Waals surface area contributed by atoms with Crippen molar-refractivity contribution >= 4 is 16.8 Å². The number of rotatable bonds is 3. The van der Waals surface area contributed by atoms with E-state index in [-0.39, 0.29) is 11.3 Å². The maximum Gasteiger partial charge on any atom is 0.160 e. The summed E-state index contributed by atoms with van der Waals surface area (Å²) in [4.78, 5) is 15.5. The third kappa shape index (κ3) is 2.91. The number of Topliss-reactive ketones (excluding diaryl/α,β-unsaturated/α-hetero) is 1. The van der Waals surface area contributed by atoms with Crippen LogP contribution in [0, 0.1) is 64.6 Å².